The van der Waals surface area contributed by atoms with Crippen LogP contribution < -0.4 is 14.7 Å². The predicted molar refractivity (Wildman–Crippen MR) is 88.0 cm³/mol. The van der Waals surface area contributed by atoms with Crippen molar-refractivity contribution in [2.45, 2.75) is 25.3 Å². The number of H-pyrrole nitrogens is 1. The van der Waals surface area contributed by atoms with Gasteiger partial charge in [0.25, 0.3) is 5.91 Å². The lowest BCUT2D eigenvalue weighted by atomic mass is 9.97. The number of piperidine rings is 1. The van der Waals surface area contributed by atoms with Crippen molar-refractivity contribution in [3.63, 3.8) is 0 Å². The molecule has 0 saturated carbocycles. The minimum atomic E-state index is -0.187. The molecule has 1 atom stereocenters. The molecule has 1 N–H and O–H groups in total. The van der Waals surface area contributed by atoms with Crippen LogP contribution in [0.25, 0.3) is 0 Å². The summed E-state index contributed by atoms with van der Waals surface area (Å²) in [6, 6.07) is 8.43. The fourth-order valence-electron chi connectivity index (χ4n) is 3.47. The molecule has 1 saturated heterocycles. The Balaban J connectivity index is 1.76. The van der Waals surface area contributed by atoms with E-state index in [1.165, 1.54) is 12.8 Å². The van der Waals surface area contributed by atoms with Crippen LogP contribution >= 0.6 is 11.3 Å². The minimum absolute atomic E-state index is 0.115. The summed E-state index contributed by atoms with van der Waals surface area (Å²) < 4.78 is 0. The van der Waals surface area contributed by atoms with E-state index in [4.69, 9.17) is 0 Å². The first kappa shape index (κ1) is 13.6. The number of amides is 1. The van der Waals surface area contributed by atoms with Gasteiger partial charge >= 0.3 is 4.87 Å². The maximum absolute atomic E-state index is 12.8. The van der Waals surface area contributed by atoms with E-state index in [0.717, 1.165) is 35.7 Å². The van der Waals surface area contributed by atoms with E-state index in [-0.39, 0.29) is 10.8 Å². The van der Waals surface area contributed by atoms with E-state index in [9.17, 15) is 9.59 Å². The molecule has 2 aliphatic rings. The van der Waals surface area contributed by atoms with Gasteiger partial charge in [-0.25, -0.2) is 0 Å². The molecule has 1 aromatic carbocycles. The van der Waals surface area contributed by atoms with Gasteiger partial charge in [0.2, 0.25) is 0 Å². The molecule has 0 spiro atoms. The largest absolute Gasteiger partial charge is 0.365 e. The Morgan fingerprint density at radius 1 is 1.23 bits per heavy atom. The Kier molecular flexibility index (Phi) is 3.26. The molecule has 1 unspecified atom stereocenters. The Bertz CT molecular complexity index is 767. The van der Waals surface area contributed by atoms with E-state index in [0.29, 0.717) is 18.3 Å². The topological polar surface area (TPSA) is 56.4 Å². The molecule has 114 valence electrons. The maximum atomic E-state index is 12.8. The highest BCUT2D eigenvalue weighted by Crippen LogP contribution is 2.38. The zero-order valence-corrected chi connectivity index (χ0v) is 12.9. The second kappa shape index (κ2) is 5.28. The monoisotopic (exact) mass is 315 g/mol. The second-order valence-corrected chi connectivity index (χ2v) is 6.65. The molecule has 1 fully saturated rings. The van der Waals surface area contributed by atoms with E-state index in [1.54, 1.807) is 5.38 Å². The number of anilines is 2. The van der Waals surface area contributed by atoms with Crippen LogP contribution in [0.5, 0.6) is 0 Å². The number of hydrogen-bond donors (Lipinski definition) is 1. The first-order valence-electron chi connectivity index (χ1n) is 7.59. The number of fused-ring (bicyclic) bond motifs is 3. The Hall–Kier alpha value is -2.08. The van der Waals surface area contributed by atoms with Gasteiger partial charge < -0.3 is 14.8 Å². The number of aromatic amines is 1. The van der Waals surface area contributed by atoms with Crippen molar-refractivity contribution in [2.75, 3.05) is 22.9 Å². The van der Waals surface area contributed by atoms with Crippen molar-refractivity contribution in [3.8, 4) is 0 Å². The van der Waals surface area contributed by atoms with E-state index < -0.39 is 0 Å². The van der Waals surface area contributed by atoms with Gasteiger partial charge in [0, 0.05) is 24.5 Å². The molecule has 5 nitrogen and oxygen atoms in total. The SMILES string of the molecule is O=C(c1csc(=O)[nH]1)N1CC2CCCCN2c2ccccc21. The number of thiazole rings is 1. The Morgan fingerprint density at radius 3 is 2.82 bits per heavy atom. The van der Waals surface area contributed by atoms with Gasteiger partial charge in [0.05, 0.1) is 11.4 Å². The molecule has 0 radical (unpaired) electrons. The summed E-state index contributed by atoms with van der Waals surface area (Å²) in [4.78, 5) is 30.8. The van der Waals surface area contributed by atoms with Gasteiger partial charge in [0.15, 0.2) is 0 Å². The van der Waals surface area contributed by atoms with Crippen LogP contribution in [-0.4, -0.2) is 30.0 Å². The van der Waals surface area contributed by atoms with Gasteiger partial charge in [0.1, 0.15) is 5.69 Å². The lowest BCUT2D eigenvalue weighted by Gasteiger charge is -2.46. The molecule has 0 aliphatic carbocycles. The summed E-state index contributed by atoms with van der Waals surface area (Å²) in [7, 11) is 0. The molecule has 3 heterocycles. The minimum Gasteiger partial charge on any atom is -0.365 e. The molecular formula is C16H17N3O2S. The van der Waals surface area contributed by atoms with Crippen LogP contribution in [0.3, 0.4) is 0 Å². The van der Waals surface area contributed by atoms with Crippen molar-refractivity contribution >= 4 is 28.6 Å². The summed E-state index contributed by atoms with van der Waals surface area (Å²) >= 11 is 1.03. The number of para-hydroxylation sites is 2. The maximum Gasteiger partial charge on any atom is 0.305 e. The molecule has 1 amide bonds. The predicted octanol–water partition coefficient (Wildman–Crippen LogP) is 2.46. The van der Waals surface area contributed by atoms with Crippen LogP contribution in [0.4, 0.5) is 11.4 Å². The summed E-state index contributed by atoms with van der Waals surface area (Å²) in [6.45, 7) is 1.74. The van der Waals surface area contributed by atoms with Crippen LogP contribution in [0.15, 0.2) is 34.4 Å². The third-order valence-corrected chi connectivity index (χ3v) is 5.17. The molecule has 22 heavy (non-hydrogen) atoms. The summed E-state index contributed by atoms with van der Waals surface area (Å²) in [5.74, 6) is -0.115. The Labute approximate surface area is 132 Å². The number of carbonyl (C=O) groups excluding carboxylic acids is 1. The summed E-state index contributed by atoms with van der Waals surface area (Å²) in [5.41, 5.74) is 2.45. The van der Waals surface area contributed by atoms with Gasteiger partial charge in [-0.15, -0.1) is 0 Å². The van der Waals surface area contributed by atoms with Crippen LogP contribution in [0.1, 0.15) is 29.8 Å². The summed E-state index contributed by atoms with van der Waals surface area (Å²) in [6.07, 6.45) is 3.52. The number of nitrogens with zero attached hydrogens (tertiary/aromatic N) is 2. The van der Waals surface area contributed by atoms with Gasteiger partial charge in [-0.2, -0.15) is 0 Å². The highest BCUT2D eigenvalue weighted by atomic mass is 32.1. The molecule has 0 bridgehead atoms. The fraction of sp³-hybridized carbons (Fsp3) is 0.375. The number of hydrogen-bond acceptors (Lipinski definition) is 4. The molecule has 1 aromatic heterocycles. The van der Waals surface area contributed by atoms with E-state index >= 15 is 0 Å². The van der Waals surface area contributed by atoms with Crippen molar-refractivity contribution in [1.82, 2.24) is 4.98 Å². The van der Waals surface area contributed by atoms with Crippen LogP contribution in [0, 0.1) is 0 Å². The van der Waals surface area contributed by atoms with Crippen LogP contribution in [-0.2, 0) is 0 Å². The third-order valence-electron chi connectivity index (χ3n) is 4.50. The summed E-state index contributed by atoms with van der Waals surface area (Å²) in [5, 5.41) is 1.61. The van der Waals surface area contributed by atoms with Crippen molar-refractivity contribution < 1.29 is 4.79 Å². The molecule has 2 aromatic rings. The number of aromatic nitrogens is 1. The quantitative estimate of drug-likeness (QED) is 0.879. The third kappa shape index (κ3) is 2.14. The number of benzene rings is 1. The van der Waals surface area contributed by atoms with Crippen molar-refractivity contribution in [2.24, 2.45) is 0 Å². The average Bonchev–Trinajstić information content (AvgIpc) is 3.00. The number of carbonyl (C=O) groups is 1. The Morgan fingerprint density at radius 2 is 2.05 bits per heavy atom. The number of rotatable bonds is 1. The molecule has 6 heteroatoms. The zero-order chi connectivity index (χ0) is 15.1. The lowest BCUT2D eigenvalue weighted by molar-refractivity contribution is 0.0978. The zero-order valence-electron chi connectivity index (χ0n) is 12.1. The molecule has 2 aliphatic heterocycles. The van der Waals surface area contributed by atoms with E-state index in [1.807, 2.05) is 23.1 Å². The van der Waals surface area contributed by atoms with Crippen molar-refractivity contribution in [3.05, 3.63) is 45.0 Å². The van der Waals surface area contributed by atoms with E-state index in [2.05, 4.69) is 16.0 Å². The first-order chi connectivity index (χ1) is 10.7. The lowest BCUT2D eigenvalue weighted by Crippen LogP contribution is -2.53. The normalized spacial score (nSPS) is 20.5. The standard InChI is InChI=1S/C16H17N3O2S/c20-15(12-10-22-16(21)17-12)19-9-11-5-3-4-8-18(11)13-6-1-2-7-14(13)19/h1-2,6-7,10-11H,3-5,8-9H2,(H,17,21). The van der Waals surface area contributed by atoms with Crippen LogP contribution in [0.2, 0.25) is 0 Å². The first-order valence-corrected chi connectivity index (χ1v) is 8.47. The van der Waals surface area contributed by atoms with Gasteiger partial charge in [-0.3, -0.25) is 9.59 Å². The van der Waals surface area contributed by atoms with Gasteiger partial charge in [-0.1, -0.05) is 23.5 Å². The number of nitrogens with one attached hydrogen (secondary N) is 1. The van der Waals surface area contributed by atoms with Crippen molar-refractivity contribution in [1.29, 1.82) is 0 Å². The average molecular weight is 315 g/mol. The molecule has 4 rings (SSSR count). The van der Waals surface area contributed by atoms with Gasteiger partial charge in [-0.05, 0) is 31.4 Å². The fourth-order valence-corrected chi connectivity index (χ4v) is 4.03. The second-order valence-electron chi connectivity index (χ2n) is 5.81. The highest BCUT2D eigenvalue weighted by molar-refractivity contribution is 7.07. The molecular weight excluding hydrogens is 298 g/mol. The highest BCUT2D eigenvalue weighted by Gasteiger charge is 2.35. The smallest absolute Gasteiger partial charge is 0.305 e.